The van der Waals surface area contributed by atoms with Gasteiger partial charge in [-0.1, -0.05) is 51.1 Å². The molecule has 2 amide bonds. The van der Waals surface area contributed by atoms with Gasteiger partial charge in [-0.15, -0.1) is 0 Å². The highest BCUT2D eigenvalue weighted by Crippen LogP contribution is 2.26. The zero-order valence-electron chi connectivity index (χ0n) is 14.5. The molecule has 1 aromatic rings. The van der Waals surface area contributed by atoms with Crippen LogP contribution >= 0.6 is 11.8 Å². The number of urea groups is 1. The van der Waals surface area contributed by atoms with Crippen LogP contribution in [-0.2, 0) is 5.75 Å². The second-order valence-electron chi connectivity index (χ2n) is 7.54. The Morgan fingerprint density at radius 1 is 1.09 bits per heavy atom. The van der Waals surface area contributed by atoms with Crippen LogP contribution in [0.25, 0.3) is 0 Å². The van der Waals surface area contributed by atoms with Crippen LogP contribution in [0.3, 0.4) is 0 Å². The molecule has 0 saturated heterocycles. The molecule has 0 heterocycles. The molecular formula is C18H30N2OS. The van der Waals surface area contributed by atoms with Crippen LogP contribution in [0.4, 0.5) is 4.79 Å². The van der Waals surface area contributed by atoms with E-state index in [2.05, 4.69) is 69.5 Å². The van der Waals surface area contributed by atoms with E-state index in [0.29, 0.717) is 6.54 Å². The van der Waals surface area contributed by atoms with Gasteiger partial charge in [0.2, 0.25) is 0 Å². The Hall–Kier alpha value is -1.16. The number of carbonyl (C=O) groups is 1. The number of amides is 2. The average molecular weight is 323 g/mol. The molecule has 0 fully saturated rings. The molecule has 0 unspecified atom stereocenters. The second-order valence-corrected chi connectivity index (χ2v) is 8.65. The van der Waals surface area contributed by atoms with E-state index in [1.807, 2.05) is 17.8 Å². The van der Waals surface area contributed by atoms with Crippen molar-refractivity contribution in [2.45, 2.75) is 52.3 Å². The molecule has 1 aromatic carbocycles. The van der Waals surface area contributed by atoms with Crippen LogP contribution in [0.1, 0.15) is 46.6 Å². The molecule has 3 nitrogen and oxygen atoms in total. The number of nitrogens with one attached hydrogen (secondary N) is 2. The van der Waals surface area contributed by atoms with Gasteiger partial charge in [0.15, 0.2) is 0 Å². The molecule has 0 aliphatic heterocycles. The highest BCUT2D eigenvalue weighted by molar-refractivity contribution is 7.98. The lowest BCUT2D eigenvalue weighted by Crippen LogP contribution is -2.50. The summed E-state index contributed by atoms with van der Waals surface area (Å²) in [5.74, 6) is 1.90. The summed E-state index contributed by atoms with van der Waals surface area (Å²) in [7, 11) is 0. The van der Waals surface area contributed by atoms with Gasteiger partial charge in [0.1, 0.15) is 0 Å². The minimum Gasteiger partial charge on any atom is -0.337 e. The smallest absolute Gasteiger partial charge is 0.315 e. The Morgan fingerprint density at radius 2 is 1.73 bits per heavy atom. The summed E-state index contributed by atoms with van der Waals surface area (Å²) >= 11 is 1.83. The number of hydrogen-bond acceptors (Lipinski definition) is 2. The fraction of sp³-hybridized carbons (Fsp3) is 0.611. The molecule has 0 spiro atoms. The van der Waals surface area contributed by atoms with E-state index in [-0.39, 0.29) is 17.0 Å². The summed E-state index contributed by atoms with van der Waals surface area (Å²) in [6.07, 6.45) is 0.941. The van der Waals surface area contributed by atoms with E-state index < -0.39 is 0 Å². The van der Waals surface area contributed by atoms with Crippen molar-refractivity contribution in [2.24, 2.45) is 5.41 Å². The van der Waals surface area contributed by atoms with Crippen molar-refractivity contribution >= 4 is 17.8 Å². The maximum atomic E-state index is 11.9. The maximum absolute atomic E-state index is 11.9. The first-order valence-corrected chi connectivity index (χ1v) is 9.01. The van der Waals surface area contributed by atoms with Crippen molar-refractivity contribution in [3.05, 3.63) is 35.9 Å². The third-order valence-corrected chi connectivity index (χ3v) is 4.10. The number of rotatable bonds is 7. The second kappa shape index (κ2) is 8.47. The molecule has 1 rings (SSSR count). The fourth-order valence-electron chi connectivity index (χ4n) is 2.72. The van der Waals surface area contributed by atoms with Crippen LogP contribution < -0.4 is 10.6 Å². The van der Waals surface area contributed by atoms with E-state index >= 15 is 0 Å². The third kappa shape index (κ3) is 8.98. The quantitative estimate of drug-likeness (QED) is 0.729. The number of benzene rings is 1. The average Bonchev–Trinajstić information content (AvgIpc) is 2.35. The molecular weight excluding hydrogens is 292 g/mol. The molecule has 0 aromatic heterocycles. The van der Waals surface area contributed by atoms with Gasteiger partial charge in [-0.3, -0.25) is 0 Å². The van der Waals surface area contributed by atoms with Crippen molar-refractivity contribution in [3.63, 3.8) is 0 Å². The minimum atomic E-state index is -0.195. The lowest BCUT2D eigenvalue weighted by atomic mass is 9.82. The third-order valence-electron chi connectivity index (χ3n) is 3.07. The Balaban J connectivity index is 2.18. The fourth-order valence-corrected chi connectivity index (χ4v) is 3.54. The normalized spacial score (nSPS) is 12.0. The van der Waals surface area contributed by atoms with Gasteiger partial charge in [-0.25, -0.2) is 4.79 Å². The molecule has 0 aliphatic carbocycles. The SMILES string of the molecule is CC(C)(C)CC(C)(C)NC(=O)NCCSCc1ccccc1. The topological polar surface area (TPSA) is 41.1 Å². The van der Waals surface area contributed by atoms with Gasteiger partial charge in [-0.05, 0) is 31.2 Å². The molecule has 22 heavy (non-hydrogen) atoms. The molecule has 0 radical (unpaired) electrons. The van der Waals surface area contributed by atoms with Crippen molar-refractivity contribution < 1.29 is 4.79 Å². The first kappa shape index (κ1) is 18.9. The van der Waals surface area contributed by atoms with Gasteiger partial charge in [0.25, 0.3) is 0 Å². The maximum Gasteiger partial charge on any atom is 0.315 e. The van der Waals surface area contributed by atoms with Crippen molar-refractivity contribution in [1.29, 1.82) is 0 Å². The molecule has 0 aliphatic rings. The van der Waals surface area contributed by atoms with Crippen molar-refractivity contribution in [1.82, 2.24) is 10.6 Å². The number of carbonyl (C=O) groups excluding carboxylic acids is 1. The lowest BCUT2D eigenvalue weighted by molar-refractivity contribution is 0.211. The van der Waals surface area contributed by atoms with E-state index in [1.54, 1.807) is 0 Å². The Labute approximate surface area is 139 Å². The van der Waals surface area contributed by atoms with Gasteiger partial charge in [0.05, 0.1) is 0 Å². The molecule has 2 N–H and O–H groups in total. The molecule has 0 saturated carbocycles. The van der Waals surface area contributed by atoms with Crippen molar-refractivity contribution in [2.75, 3.05) is 12.3 Å². The van der Waals surface area contributed by atoms with Crippen LogP contribution in [-0.4, -0.2) is 23.9 Å². The Kier molecular flexibility index (Phi) is 7.27. The van der Waals surface area contributed by atoms with E-state index in [0.717, 1.165) is 17.9 Å². The predicted octanol–water partition coefficient (Wildman–Crippen LogP) is 4.43. The summed E-state index contributed by atoms with van der Waals surface area (Å²) in [4.78, 5) is 11.9. The monoisotopic (exact) mass is 322 g/mol. The summed E-state index contributed by atoms with van der Waals surface area (Å²) in [6, 6.07) is 10.3. The predicted molar refractivity (Wildman–Crippen MR) is 97.3 cm³/mol. The number of hydrogen-bond donors (Lipinski definition) is 2. The summed E-state index contributed by atoms with van der Waals surface area (Å²) in [5, 5.41) is 6.00. The van der Waals surface area contributed by atoms with Crippen LogP contribution in [0.2, 0.25) is 0 Å². The van der Waals surface area contributed by atoms with E-state index in [1.165, 1.54) is 5.56 Å². The summed E-state index contributed by atoms with van der Waals surface area (Å²) in [5.41, 5.74) is 1.32. The minimum absolute atomic E-state index is 0.0745. The zero-order chi connectivity index (χ0) is 16.6. The zero-order valence-corrected chi connectivity index (χ0v) is 15.3. The Morgan fingerprint density at radius 3 is 2.32 bits per heavy atom. The standard InChI is InChI=1S/C18H30N2OS/c1-17(2,3)14-18(4,5)20-16(21)19-11-12-22-13-15-9-7-6-8-10-15/h6-10H,11-14H2,1-5H3,(H2,19,20,21). The van der Waals surface area contributed by atoms with Gasteiger partial charge in [0, 0.05) is 23.6 Å². The van der Waals surface area contributed by atoms with Crippen LogP contribution in [0.15, 0.2) is 30.3 Å². The van der Waals surface area contributed by atoms with E-state index in [9.17, 15) is 4.79 Å². The highest BCUT2D eigenvalue weighted by Gasteiger charge is 2.26. The lowest BCUT2D eigenvalue weighted by Gasteiger charge is -2.33. The van der Waals surface area contributed by atoms with Crippen molar-refractivity contribution in [3.8, 4) is 0 Å². The van der Waals surface area contributed by atoms with Gasteiger partial charge < -0.3 is 10.6 Å². The number of thioether (sulfide) groups is 1. The van der Waals surface area contributed by atoms with Gasteiger partial charge >= 0.3 is 6.03 Å². The Bertz CT molecular complexity index is 452. The summed E-state index contributed by atoms with van der Waals surface area (Å²) in [6.45, 7) is 11.4. The van der Waals surface area contributed by atoms with Gasteiger partial charge in [-0.2, -0.15) is 11.8 Å². The largest absolute Gasteiger partial charge is 0.337 e. The summed E-state index contributed by atoms with van der Waals surface area (Å²) < 4.78 is 0. The van der Waals surface area contributed by atoms with Crippen LogP contribution in [0.5, 0.6) is 0 Å². The first-order chi connectivity index (χ1) is 10.2. The first-order valence-electron chi connectivity index (χ1n) is 7.86. The van der Waals surface area contributed by atoms with E-state index in [4.69, 9.17) is 0 Å². The molecule has 4 heteroatoms. The molecule has 124 valence electrons. The molecule has 0 bridgehead atoms. The molecule has 0 atom stereocenters. The van der Waals surface area contributed by atoms with Crippen LogP contribution in [0, 0.1) is 5.41 Å². The highest BCUT2D eigenvalue weighted by atomic mass is 32.2.